The van der Waals surface area contributed by atoms with E-state index in [1.54, 1.807) is 6.33 Å². The smallest absolute Gasteiger partial charge is 0.252 e. The number of rotatable bonds is 6. The van der Waals surface area contributed by atoms with Gasteiger partial charge in [0.05, 0.1) is 11.9 Å². The molecule has 0 unspecified atom stereocenters. The van der Waals surface area contributed by atoms with Crippen molar-refractivity contribution in [3.05, 3.63) is 114 Å². The fraction of sp³-hybridized carbons (Fsp3) is 0.150. The molecule has 0 fully saturated rings. The molecule has 0 atom stereocenters. The number of aryl methyl sites for hydroxylation is 1. The molecule has 6 heterocycles. The molecular formula is C40H31N11O. The van der Waals surface area contributed by atoms with Gasteiger partial charge in [-0.05, 0) is 38.2 Å². The molecular weight excluding hydrogens is 651 g/mol. The van der Waals surface area contributed by atoms with Crippen LogP contribution < -0.4 is 5.32 Å². The number of hydrogen-bond acceptors (Lipinski definition) is 8. The van der Waals surface area contributed by atoms with Crippen molar-refractivity contribution in [1.29, 1.82) is 0 Å². The minimum atomic E-state index is -0.186. The number of amides is 1. The van der Waals surface area contributed by atoms with Crippen LogP contribution in [0.25, 0.3) is 78.9 Å². The standard InChI is InChI=1S/C40H31N11O/c52-40(42-19-8-7-10-22-20-41-21-43-22)30-18-9-17-29-31(30)39-50-37-28-16-6-5-15-27(28)35(48-37)46-33-24-12-2-1-11-23(24)32(44-33)45-34-25-13-3-4-14-26(25)36(47-34)49-38(29)51-39/h1-6,9,11-12,15-18,20-21H,7-8,10,13-14,19H2,(H,41,43)(H,42,52)(H2,44,45,46,47,48,49,50,51). The second kappa shape index (κ2) is 12.2. The van der Waals surface area contributed by atoms with Gasteiger partial charge in [0.25, 0.3) is 5.91 Å². The first-order chi connectivity index (χ1) is 25.7. The van der Waals surface area contributed by atoms with Crippen LogP contribution in [-0.4, -0.2) is 62.3 Å². The average Bonchev–Trinajstić information content (AvgIpc) is 4.01. The van der Waals surface area contributed by atoms with E-state index in [0.717, 1.165) is 70.0 Å². The number of carbonyl (C=O) groups is 1. The van der Waals surface area contributed by atoms with Crippen molar-refractivity contribution in [3.63, 3.8) is 0 Å². The van der Waals surface area contributed by atoms with Gasteiger partial charge in [0.2, 0.25) is 0 Å². The Morgan fingerprint density at radius 1 is 0.635 bits per heavy atom. The molecule has 0 spiro atoms. The van der Waals surface area contributed by atoms with Crippen LogP contribution in [0.2, 0.25) is 0 Å². The minimum absolute atomic E-state index is 0.186. The first kappa shape index (κ1) is 30.0. The molecule has 4 N–H and O–H groups in total. The third kappa shape index (κ3) is 5.06. The van der Waals surface area contributed by atoms with Gasteiger partial charge in [-0.2, -0.15) is 0 Å². The summed E-state index contributed by atoms with van der Waals surface area (Å²) in [6.07, 6.45) is 11.9. The molecule has 12 nitrogen and oxygen atoms in total. The van der Waals surface area contributed by atoms with Gasteiger partial charge in [-0.15, -0.1) is 0 Å². The number of H-pyrrole nitrogens is 3. The Kier molecular flexibility index (Phi) is 7.05. The number of aromatic nitrogens is 10. The molecule has 252 valence electrons. The fourth-order valence-corrected chi connectivity index (χ4v) is 7.30. The molecule has 7 aromatic rings. The van der Waals surface area contributed by atoms with Crippen LogP contribution >= 0.6 is 0 Å². The number of unbranched alkanes of at least 4 members (excludes halogenated alkanes) is 1. The molecule has 3 aliphatic rings. The van der Waals surface area contributed by atoms with E-state index in [2.05, 4.69) is 37.4 Å². The third-order valence-corrected chi connectivity index (χ3v) is 9.85. The molecule has 0 saturated carbocycles. The highest BCUT2D eigenvalue weighted by molar-refractivity contribution is 6.07. The first-order valence-electron chi connectivity index (χ1n) is 17.4. The number of hydrogen-bond donors (Lipinski definition) is 4. The number of aromatic amines is 3. The highest BCUT2D eigenvalue weighted by atomic mass is 16.1. The van der Waals surface area contributed by atoms with E-state index in [9.17, 15) is 4.79 Å². The molecule has 52 heavy (non-hydrogen) atoms. The zero-order valence-corrected chi connectivity index (χ0v) is 27.9. The summed E-state index contributed by atoms with van der Waals surface area (Å²) < 4.78 is 0. The molecule has 8 bridgehead atoms. The summed E-state index contributed by atoms with van der Waals surface area (Å²) in [5, 5.41) is 4.88. The highest BCUT2D eigenvalue weighted by Crippen LogP contribution is 2.38. The van der Waals surface area contributed by atoms with Crippen molar-refractivity contribution in [3.8, 4) is 45.6 Å². The van der Waals surface area contributed by atoms with Crippen LogP contribution in [0.3, 0.4) is 0 Å². The Hall–Kier alpha value is -6.82. The van der Waals surface area contributed by atoms with Crippen molar-refractivity contribution < 1.29 is 4.79 Å². The molecule has 0 radical (unpaired) electrons. The van der Waals surface area contributed by atoms with Crippen molar-refractivity contribution in [2.24, 2.45) is 0 Å². The lowest BCUT2D eigenvalue weighted by molar-refractivity contribution is 0.0953. The van der Waals surface area contributed by atoms with Gasteiger partial charge < -0.3 is 20.3 Å². The summed E-state index contributed by atoms with van der Waals surface area (Å²) in [5.41, 5.74) is 9.47. The molecule has 2 aliphatic heterocycles. The quantitative estimate of drug-likeness (QED) is 0.109. The monoisotopic (exact) mass is 681 g/mol. The number of imidazole rings is 1. The number of allylic oxidation sites excluding steroid dienone is 2. The maximum Gasteiger partial charge on any atom is 0.252 e. The average molecular weight is 682 g/mol. The number of benzene rings is 3. The summed E-state index contributed by atoms with van der Waals surface area (Å²) >= 11 is 0. The van der Waals surface area contributed by atoms with Gasteiger partial charge >= 0.3 is 0 Å². The predicted molar refractivity (Wildman–Crippen MR) is 199 cm³/mol. The molecule has 12 heteroatoms. The summed E-state index contributed by atoms with van der Waals surface area (Å²) in [6, 6.07) is 21.6. The number of nitrogens with one attached hydrogen (secondary N) is 4. The van der Waals surface area contributed by atoms with Crippen molar-refractivity contribution >= 4 is 39.3 Å². The summed E-state index contributed by atoms with van der Waals surface area (Å²) in [4.78, 5) is 58.5. The first-order valence-corrected chi connectivity index (χ1v) is 17.4. The Bertz CT molecular complexity index is 2760. The van der Waals surface area contributed by atoms with Gasteiger partial charge in [-0.25, -0.2) is 34.9 Å². The number of nitrogens with zero attached hydrogens (tertiary/aromatic N) is 7. The maximum absolute atomic E-state index is 13.8. The Labute approximate surface area is 296 Å². The normalized spacial score (nSPS) is 12.8. The van der Waals surface area contributed by atoms with Crippen molar-refractivity contribution in [1.82, 2.24) is 55.2 Å². The second-order valence-corrected chi connectivity index (χ2v) is 13.1. The lowest BCUT2D eigenvalue weighted by Gasteiger charge is -2.09. The number of carbonyl (C=O) groups excluding carboxylic acids is 1. The third-order valence-electron chi connectivity index (χ3n) is 9.85. The Morgan fingerprint density at radius 2 is 1.23 bits per heavy atom. The lowest BCUT2D eigenvalue weighted by Crippen LogP contribution is -2.25. The van der Waals surface area contributed by atoms with Crippen LogP contribution in [0.15, 0.2) is 91.4 Å². The van der Waals surface area contributed by atoms with Gasteiger partial charge in [0.15, 0.2) is 23.3 Å². The van der Waals surface area contributed by atoms with E-state index in [1.807, 2.05) is 72.9 Å². The molecule has 3 aromatic carbocycles. The van der Waals surface area contributed by atoms with Gasteiger partial charge in [-0.3, -0.25) is 4.79 Å². The fourth-order valence-electron chi connectivity index (χ4n) is 7.30. The second-order valence-electron chi connectivity index (χ2n) is 13.1. The van der Waals surface area contributed by atoms with Crippen LogP contribution in [-0.2, 0) is 19.3 Å². The molecule has 1 aliphatic carbocycles. The van der Waals surface area contributed by atoms with Crippen molar-refractivity contribution in [2.75, 3.05) is 6.54 Å². The highest BCUT2D eigenvalue weighted by Gasteiger charge is 2.27. The van der Waals surface area contributed by atoms with Crippen LogP contribution in [0.1, 0.15) is 40.0 Å². The zero-order chi connectivity index (χ0) is 34.6. The van der Waals surface area contributed by atoms with E-state index < -0.39 is 0 Å². The van der Waals surface area contributed by atoms with Gasteiger partial charge in [-0.1, -0.05) is 72.8 Å². The number of fused-ring (bicyclic) bond motifs is 20. The summed E-state index contributed by atoms with van der Waals surface area (Å²) in [7, 11) is 0. The summed E-state index contributed by atoms with van der Waals surface area (Å²) in [5.74, 6) is 1.83. The summed E-state index contributed by atoms with van der Waals surface area (Å²) in [6.45, 7) is 0.535. The van der Waals surface area contributed by atoms with Gasteiger partial charge in [0.1, 0.15) is 22.6 Å². The van der Waals surface area contributed by atoms with E-state index in [0.29, 0.717) is 70.0 Å². The lowest BCUT2D eigenvalue weighted by atomic mass is 10.0. The topological polar surface area (TPSA) is 167 Å². The predicted octanol–water partition coefficient (Wildman–Crippen LogP) is 6.85. The molecule has 1 amide bonds. The SMILES string of the molecule is O=C(NCCCCc1cnc[nH]1)c1cccc2c1-c1nc-2nc2[nH]c(nc3nc(nc4[nH]c(n1)c1ccccc41)-c1ccccc1-3)c1c2CC=CC1. The van der Waals surface area contributed by atoms with E-state index >= 15 is 0 Å². The molecule has 0 saturated heterocycles. The van der Waals surface area contributed by atoms with Crippen molar-refractivity contribution in [2.45, 2.75) is 32.1 Å². The van der Waals surface area contributed by atoms with Crippen LogP contribution in [0.4, 0.5) is 0 Å². The molecule has 10 rings (SSSR count). The van der Waals surface area contributed by atoms with Gasteiger partial charge in [0, 0.05) is 62.6 Å². The minimum Gasteiger partial charge on any atom is -0.352 e. The van der Waals surface area contributed by atoms with E-state index in [1.165, 1.54) is 0 Å². The molecule has 4 aromatic heterocycles. The maximum atomic E-state index is 13.8. The zero-order valence-electron chi connectivity index (χ0n) is 27.9. The van der Waals surface area contributed by atoms with Crippen LogP contribution in [0, 0.1) is 0 Å². The Balaban J connectivity index is 1.18. The van der Waals surface area contributed by atoms with Crippen LogP contribution in [0.5, 0.6) is 0 Å². The van der Waals surface area contributed by atoms with E-state index in [4.69, 9.17) is 29.9 Å². The largest absolute Gasteiger partial charge is 0.352 e. The van der Waals surface area contributed by atoms with E-state index in [-0.39, 0.29) is 5.91 Å². The Morgan fingerprint density at radius 3 is 1.92 bits per heavy atom.